The van der Waals surface area contributed by atoms with Crippen molar-refractivity contribution in [3.63, 3.8) is 0 Å². The van der Waals surface area contributed by atoms with Gasteiger partial charge in [-0.05, 0) is 39.5 Å². The van der Waals surface area contributed by atoms with Crippen molar-refractivity contribution >= 4 is 22.2 Å². The van der Waals surface area contributed by atoms with Crippen LogP contribution < -0.4 is 5.56 Å². The molecule has 0 aliphatic carbocycles. The summed E-state index contributed by atoms with van der Waals surface area (Å²) >= 11 is 1.48. The van der Waals surface area contributed by atoms with Gasteiger partial charge in [-0.1, -0.05) is 6.92 Å². The van der Waals surface area contributed by atoms with Crippen LogP contribution in [-0.2, 0) is 0 Å². The number of aryl methyl sites for hydroxylation is 2. The Morgan fingerprint density at radius 1 is 1.36 bits per heavy atom. The second-order valence-electron chi connectivity index (χ2n) is 6.20. The molecular formula is C16H21N3O2S. The fraction of sp³-hybridized carbons (Fsp3) is 0.562. The van der Waals surface area contributed by atoms with Crippen LogP contribution in [0.1, 0.15) is 47.6 Å². The minimum Gasteiger partial charge on any atom is -0.335 e. The summed E-state index contributed by atoms with van der Waals surface area (Å²) in [6.07, 6.45) is 3.57. The molecule has 6 heteroatoms. The Bertz CT molecular complexity index is 793. The third-order valence-corrected chi connectivity index (χ3v) is 5.96. The fourth-order valence-electron chi connectivity index (χ4n) is 3.10. The van der Waals surface area contributed by atoms with Crippen LogP contribution in [0.4, 0.5) is 0 Å². The average Bonchev–Trinajstić information content (AvgIpc) is 2.77. The summed E-state index contributed by atoms with van der Waals surface area (Å²) in [5.41, 5.74) is 0.800. The first-order valence-electron chi connectivity index (χ1n) is 7.70. The van der Waals surface area contributed by atoms with Gasteiger partial charge in [-0.2, -0.15) is 0 Å². The van der Waals surface area contributed by atoms with E-state index in [1.807, 2.05) is 18.7 Å². The smallest absolute Gasteiger partial charge is 0.271 e. The summed E-state index contributed by atoms with van der Waals surface area (Å²) in [6.45, 7) is 8.79. The molecule has 1 fully saturated rings. The maximum atomic E-state index is 12.8. The van der Waals surface area contributed by atoms with Gasteiger partial charge in [-0.3, -0.25) is 14.0 Å². The Hall–Kier alpha value is -1.69. The molecule has 1 saturated heterocycles. The zero-order chi connectivity index (χ0) is 16.0. The van der Waals surface area contributed by atoms with E-state index in [4.69, 9.17) is 0 Å². The van der Waals surface area contributed by atoms with Crippen molar-refractivity contribution in [1.82, 2.24) is 14.3 Å². The van der Waals surface area contributed by atoms with Crippen molar-refractivity contribution in [2.75, 3.05) is 6.54 Å². The third-order valence-electron chi connectivity index (χ3n) is 4.88. The molecule has 0 bridgehead atoms. The van der Waals surface area contributed by atoms with Crippen molar-refractivity contribution in [3.05, 3.63) is 32.7 Å². The van der Waals surface area contributed by atoms with Crippen LogP contribution in [0.25, 0.3) is 4.96 Å². The highest BCUT2D eigenvalue weighted by atomic mass is 32.1. The van der Waals surface area contributed by atoms with Crippen molar-refractivity contribution in [2.45, 2.75) is 46.6 Å². The van der Waals surface area contributed by atoms with E-state index in [-0.39, 0.29) is 23.1 Å². The molecule has 0 N–H and O–H groups in total. The summed E-state index contributed by atoms with van der Waals surface area (Å²) in [6, 6.07) is 0.159. The molecule has 0 spiro atoms. The van der Waals surface area contributed by atoms with E-state index in [0.29, 0.717) is 17.4 Å². The van der Waals surface area contributed by atoms with E-state index in [1.165, 1.54) is 17.5 Å². The minimum atomic E-state index is -0.248. The van der Waals surface area contributed by atoms with Crippen molar-refractivity contribution in [2.24, 2.45) is 5.92 Å². The largest absolute Gasteiger partial charge is 0.335 e. The molecule has 3 heterocycles. The summed E-state index contributed by atoms with van der Waals surface area (Å²) < 4.78 is 1.56. The van der Waals surface area contributed by atoms with Gasteiger partial charge in [0.05, 0.1) is 0 Å². The highest BCUT2D eigenvalue weighted by molar-refractivity contribution is 7.17. The van der Waals surface area contributed by atoms with Crippen LogP contribution >= 0.6 is 11.3 Å². The van der Waals surface area contributed by atoms with E-state index in [1.54, 1.807) is 4.40 Å². The van der Waals surface area contributed by atoms with E-state index in [9.17, 15) is 9.59 Å². The third kappa shape index (κ3) is 2.26. The lowest BCUT2D eigenvalue weighted by atomic mass is 9.91. The van der Waals surface area contributed by atoms with Gasteiger partial charge in [0.2, 0.25) is 0 Å². The molecule has 1 aliphatic heterocycles. The highest BCUT2D eigenvalue weighted by Gasteiger charge is 2.30. The Morgan fingerprint density at radius 2 is 2.09 bits per heavy atom. The van der Waals surface area contributed by atoms with Crippen LogP contribution in [0.3, 0.4) is 0 Å². The fourth-order valence-corrected chi connectivity index (χ4v) is 4.03. The lowest BCUT2D eigenvalue weighted by molar-refractivity contribution is 0.0548. The molecular weight excluding hydrogens is 298 g/mol. The number of piperidine rings is 1. The topological polar surface area (TPSA) is 54.7 Å². The van der Waals surface area contributed by atoms with Crippen molar-refractivity contribution < 1.29 is 4.79 Å². The molecule has 0 unspecified atom stereocenters. The number of hydrogen-bond donors (Lipinski definition) is 0. The molecule has 0 saturated carbocycles. The Morgan fingerprint density at radius 3 is 2.82 bits per heavy atom. The summed E-state index contributed by atoms with van der Waals surface area (Å²) in [7, 11) is 0. The van der Waals surface area contributed by atoms with E-state index in [2.05, 4.69) is 18.8 Å². The summed E-state index contributed by atoms with van der Waals surface area (Å²) in [5, 5.41) is 0. The summed E-state index contributed by atoms with van der Waals surface area (Å²) in [4.78, 5) is 33.4. The zero-order valence-corrected chi connectivity index (χ0v) is 14.2. The number of amides is 1. The maximum absolute atomic E-state index is 12.8. The van der Waals surface area contributed by atoms with E-state index < -0.39 is 0 Å². The van der Waals surface area contributed by atoms with Crippen molar-refractivity contribution in [3.8, 4) is 0 Å². The first-order chi connectivity index (χ1) is 10.4. The van der Waals surface area contributed by atoms with Gasteiger partial charge in [0, 0.05) is 29.4 Å². The van der Waals surface area contributed by atoms with Gasteiger partial charge in [0.15, 0.2) is 4.96 Å². The first kappa shape index (κ1) is 15.2. The van der Waals surface area contributed by atoms with Crippen LogP contribution in [-0.4, -0.2) is 32.8 Å². The number of fused-ring (bicyclic) bond motifs is 1. The number of thiazole rings is 1. The number of rotatable bonds is 1. The number of hydrogen-bond acceptors (Lipinski definition) is 4. The van der Waals surface area contributed by atoms with Crippen LogP contribution in [0, 0.1) is 19.8 Å². The molecule has 5 nitrogen and oxygen atoms in total. The monoisotopic (exact) mass is 319 g/mol. The molecule has 1 aliphatic rings. The standard InChI is InChI=1S/C16H21N3O2S/c1-9-6-5-7-18(10(9)2)14(20)13-8-17-16-19(15(13)21)11(3)12(4)22-16/h8-10H,5-7H2,1-4H3/t9-,10+/m1/s1. The van der Waals surface area contributed by atoms with Gasteiger partial charge in [-0.15, -0.1) is 11.3 Å². The van der Waals surface area contributed by atoms with Gasteiger partial charge >= 0.3 is 0 Å². The van der Waals surface area contributed by atoms with Gasteiger partial charge in [0.25, 0.3) is 11.5 Å². The molecule has 3 rings (SSSR count). The number of carbonyl (C=O) groups is 1. The molecule has 0 aromatic carbocycles. The van der Waals surface area contributed by atoms with E-state index in [0.717, 1.165) is 23.4 Å². The first-order valence-corrected chi connectivity index (χ1v) is 8.52. The highest BCUT2D eigenvalue weighted by Crippen LogP contribution is 2.24. The molecule has 2 aromatic heterocycles. The van der Waals surface area contributed by atoms with Crippen LogP contribution in [0.2, 0.25) is 0 Å². The van der Waals surface area contributed by atoms with Crippen LogP contribution in [0.5, 0.6) is 0 Å². The molecule has 22 heavy (non-hydrogen) atoms. The minimum absolute atomic E-state index is 0.159. The number of nitrogens with zero attached hydrogens (tertiary/aromatic N) is 3. The molecule has 2 atom stereocenters. The summed E-state index contributed by atoms with van der Waals surface area (Å²) in [5.74, 6) is 0.275. The number of carbonyl (C=O) groups excluding carboxylic acids is 1. The number of aromatic nitrogens is 2. The second kappa shape index (κ2) is 5.50. The molecule has 2 aromatic rings. The second-order valence-corrected chi connectivity index (χ2v) is 7.38. The van der Waals surface area contributed by atoms with Crippen LogP contribution in [0.15, 0.2) is 11.0 Å². The zero-order valence-electron chi connectivity index (χ0n) is 13.4. The Balaban J connectivity index is 2.06. The Labute approximate surface area is 133 Å². The predicted molar refractivity (Wildman–Crippen MR) is 87.7 cm³/mol. The van der Waals surface area contributed by atoms with Gasteiger partial charge < -0.3 is 4.90 Å². The van der Waals surface area contributed by atoms with Crippen molar-refractivity contribution in [1.29, 1.82) is 0 Å². The number of likely N-dealkylation sites (tertiary alicyclic amines) is 1. The quantitative estimate of drug-likeness (QED) is 0.812. The molecule has 1 amide bonds. The average molecular weight is 319 g/mol. The normalized spacial score (nSPS) is 22.3. The molecule has 0 radical (unpaired) electrons. The Kier molecular flexibility index (Phi) is 3.80. The van der Waals surface area contributed by atoms with Gasteiger partial charge in [-0.25, -0.2) is 4.98 Å². The van der Waals surface area contributed by atoms with Gasteiger partial charge in [0.1, 0.15) is 5.56 Å². The lowest BCUT2D eigenvalue weighted by Gasteiger charge is -2.37. The SMILES string of the molecule is Cc1sc2ncc(C(=O)N3CCC[C@@H](C)[C@@H]3C)c(=O)n2c1C. The predicted octanol–water partition coefficient (Wildman–Crippen LogP) is 2.63. The lowest BCUT2D eigenvalue weighted by Crippen LogP contribution is -2.47. The maximum Gasteiger partial charge on any atom is 0.271 e. The molecule has 118 valence electrons. The van der Waals surface area contributed by atoms with E-state index >= 15 is 0 Å².